The first-order valence-electron chi connectivity index (χ1n) is 9.53. The van der Waals surface area contributed by atoms with Crippen molar-refractivity contribution in [1.82, 2.24) is 14.5 Å². The van der Waals surface area contributed by atoms with E-state index in [0.29, 0.717) is 43.5 Å². The Morgan fingerprint density at radius 1 is 1.26 bits per heavy atom. The van der Waals surface area contributed by atoms with Gasteiger partial charge in [-0.25, -0.2) is 8.42 Å². The van der Waals surface area contributed by atoms with Gasteiger partial charge in [-0.2, -0.15) is 4.31 Å². The highest BCUT2D eigenvalue weighted by molar-refractivity contribution is 7.89. The minimum absolute atomic E-state index is 0.0263. The smallest absolute Gasteiger partial charge is 0.243 e. The van der Waals surface area contributed by atoms with Crippen molar-refractivity contribution in [3.05, 3.63) is 29.3 Å². The van der Waals surface area contributed by atoms with Gasteiger partial charge in [-0.15, -0.1) is 0 Å². The van der Waals surface area contributed by atoms with E-state index in [-0.39, 0.29) is 16.7 Å². The summed E-state index contributed by atoms with van der Waals surface area (Å²) in [6, 6.07) is 6.64. The molecule has 1 saturated heterocycles. The van der Waals surface area contributed by atoms with Gasteiger partial charge in [-0.05, 0) is 57.5 Å². The SMILES string of the molecule is CCN(CCNC(=O)C1CCN(S(=O)(=O)c2ccc(Cl)cc2)CC1)C(C)C. The fraction of sp³-hybridized carbons (Fsp3) is 0.632. The molecule has 1 aromatic carbocycles. The Kier molecular flexibility index (Phi) is 8.09. The zero-order chi connectivity index (χ0) is 20.0. The number of hydrogen-bond acceptors (Lipinski definition) is 4. The minimum atomic E-state index is -3.53. The molecule has 1 aliphatic rings. The molecule has 0 radical (unpaired) electrons. The molecule has 1 aliphatic heterocycles. The number of likely N-dealkylation sites (N-methyl/N-ethyl adjacent to an activating group) is 1. The summed E-state index contributed by atoms with van der Waals surface area (Å²) in [7, 11) is -3.53. The first-order valence-corrected chi connectivity index (χ1v) is 11.3. The highest BCUT2D eigenvalue weighted by atomic mass is 35.5. The number of sulfonamides is 1. The second-order valence-electron chi connectivity index (χ2n) is 7.15. The van der Waals surface area contributed by atoms with Crippen molar-refractivity contribution in [2.75, 3.05) is 32.7 Å². The predicted octanol–water partition coefficient (Wildman–Crippen LogP) is 2.59. The summed E-state index contributed by atoms with van der Waals surface area (Å²) in [5.74, 6) is -0.103. The standard InChI is InChI=1S/C19H30ClN3O3S/c1-4-22(15(2)3)14-11-21-19(24)16-9-12-23(13-10-16)27(25,26)18-7-5-17(20)6-8-18/h5-8,15-16H,4,9-14H2,1-3H3,(H,21,24). The fourth-order valence-corrected chi connectivity index (χ4v) is 4.96. The molecule has 152 valence electrons. The summed E-state index contributed by atoms with van der Waals surface area (Å²) in [6.45, 7) is 9.50. The Morgan fingerprint density at radius 3 is 2.37 bits per heavy atom. The van der Waals surface area contributed by atoms with Crippen LogP contribution in [0.25, 0.3) is 0 Å². The quantitative estimate of drug-likeness (QED) is 0.708. The number of amides is 1. The van der Waals surface area contributed by atoms with E-state index >= 15 is 0 Å². The van der Waals surface area contributed by atoms with Gasteiger partial charge in [0.25, 0.3) is 0 Å². The fourth-order valence-electron chi connectivity index (χ4n) is 3.36. The van der Waals surface area contributed by atoms with Crippen molar-refractivity contribution in [2.45, 2.75) is 44.6 Å². The van der Waals surface area contributed by atoms with Crippen molar-refractivity contribution in [3.63, 3.8) is 0 Å². The number of rotatable bonds is 8. The van der Waals surface area contributed by atoms with Gasteiger partial charge in [0.2, 0.25) is 15.9 Å². The van der Waals surface area contributed by atoms with Crippen molar-refractivity contribution in [2.24, 2.45) is 5.92 Å². The molecule has 1 amide bonds. The van der Waals surface area contributed by atoms with Gasteiger partial charge in [0.1, 0.15) is 0 Å². The first-order chi connectivity index (χ1) is 12.8. The van der Waals surface area contributed by atoms with E-state index in [0.717, 1.165) is 13.1 Å². The molecule has 1 N–H and O–H groups in total. The van der Waals surface area contributed by atoms with E-state index in [9.17, 15) is 13.2 Å². The monoisotopic (exact) mass is 415 g/mol. The molecule has 1 heterocycles. The molecule has 0 atom stereocenters. The van der Waals surface area contributed by atoms with Crippen LogP contribution in [0.15, 0.2) is 29.2 Å². The van der Waals surface area contributed by atoms with E-state index in [1.807, 2.05) is 0 Å². The highest BCUT2D eigenvalue weighted by Crippen LogP contribution is 2.24. The third kappa shape index (κ3) is 5.91. The minimum Gasteiger partial charge on any atom is -0.355 e. The second-order valence-corrected chi connectivity index (χ2v) is 9.52. The van der Waals surface area contributed by atoms with Crippen LogP contribution in [0.1, 0.15) is 33.6 Å². The van der Waals surface area contributed by atoms with Crippen molar-refractivity contribution in [3.8, 4) is 0 Å². The maximum absolute atomic E-state index is 12.7. The van der Waals surface area contributed by atoms with Crippen LogP contribution in [0.3, 0.4) is 0 Å². The third-order valence-electron chi connectivity index (χ3n) is 5.11. The molecular weight excluding hydrogens is 386 g/mol. The molecule has 2 rings (SSSR count). The number of carbonyl (C=O) groups excluding carboxylic acids is 1. The number of carbonyl (C=O) groups is 1. The summed E-state index contributed by atoms with van der Waals surface area (Å²) in [5, 5.41) is 3.50. The molecular formula is C19H30ClN3O3S. The maximum atomic E-state index is 12.7. The second kappa shape index (κ2) is 9.87. The molecule has 0 aliphatic carbocycles. The Labute approximate surface area is 167 Å². The van der Waals surface area contributed by atoms with Gasteiger partial charge >= 0.3 is 0 Å². The topological polar surface area (TPSA) is 69.7 Å². The zero-order valence-electron chi connectivity index (χ0n) is 16.3. The Hall–Kier alpha value is -1.15. The summed E-state index contributed by atoms with van der Waals surface area (Å²) in [5.41, 5.74) is 0. The summed E-state index contributed by atoms with van der Waals surface area (Å²) in [4.78, 5) is 14.9. The number of hydrogen-bond donors (Lipinski definition) is 1. The average molecular weight is 416 g/mol. The van der Waals surface area contributed by atoms with Crippen molar-refractivity contribution >= 4 is 27.5 Å². The van der Waals surface area contributed by atoms with Crippen LogP contribution in [0.4, 0.5) is 0 Å². The van der Waals surface area contributed by atoms with Gasteiger partial charge < -0.3 is 5.32 Å². The van der Waals surface area contributed by atoms with E-state index in [1.54, 1.807) is 12.1 Å². The molecule has 0 bridgehead atoms. The molecule has 1 aromatic rings. The van der Waals surface area contributed by atoms with Crippen LogP contribution >= 0.6 is 11.6 Å². The van der Waals surface area contributed by atoms with Crippen molar-refractivity contribution < 1.29 is 13.2 Å². The third-order valence-corrected chi connectivity index (χ3v) is 7.28. The summed E-state index contributed by atoms with van der Waals surface area (Å²) < 4.78 is 26.8. The summed E-state index contributed by atoms with van der Waals surface area (Å²) >= 11 is 5.83. The van der Waals surface area contributed by atoms with Crippen LogP contribution < -0.4 is 5.32 Å². The van der Waals surface area contributed by atoms with Gasteiger partial charge in [0, 0.05) is 43.2 Å². The lowest BCUT2D eigenvalue weighted by atomic mass is 9.97. The molecule has 0 saturated carbocycles. The average Bonchev–Trinajstić information content (AvgIpc) is 2.65. The largest absolute Gasteiger partial charge is 0.355 e. The molecule has 0 aromatic heterocycles. The van der Waals surface area contributed by atoms with Gasteiger partial charge in [-0.1, -0.05) is 18.5 Å². The maximum Gasteiger partial charge on any atom is 0.243 e. The molecule has 27 heavy (non-hydrogen) atoms. The Balaban J connectivity index is 1.84. The molecule has 8 heteroatoms. The number of benzene rings is 1. The summed E-state index contributed by atoms with van der Waals surface area (Å²) in [6.07, 6.45) is 1.08. The van der Waals surface area contributed by atoms with Gasteiger partial charge in [0.15, 0.2) is 0 Å². The Bertz CT molecular complexity index is 714. The zero-order valence-corrected chi connectivity index (χ0v) is 17.9. The van der Waals surface area contributed by atoms with Crippen LogP contribution in [0.2, 0.25) is 5.02 Å². The molecule has 0 unspecified atom stereocenters. The predicted molar refractivity (Wildman–Crippen MR) is 108 cm³/mol. The number of nitrogens with zero attached hydrogens (tertiary/aromatic N) is 2. The Morgan fingerprint density at radius 2 is 1.85 bits per heavy atom. The molecule has 6 nitrogen and oxygen atoms in total. The van der Waals surface area contributed by atoms with E-state index in [2.05, 4.69) is 31.0 Å². The number of nitrogens with one attached hydrogen (secondary N) is 1. The molecule has 0 spiro atoms. The number of halogens is 1. The lowest BCUT2D eigenvalue weighted by Crippen LogP contribution is -2.44. The lowest BCUT2D eigenvalue weighted by Gasteiger charge is -2.31. The lowest BCUT2D eigenvalue weighted by molar-refractivity contribution is -0.126. The normalized spacial score (nSPS) is 16.8. The van der Waals surface area contributed by atoms with E-state index in [1.165, 1.54) is 16.4 Å². The van der Waals surface area contributed by atoms with Crippen LogP contribution in [0, 0.1) is 5.92 Å². The van der Waals surface area contributed by atoms with Gasteiger partial charge in [-0.3, -0.25) is 9.69 Å². The van der Waals surface area contributed by atoms with E-state index in [4.69, 9.17) is 11.6 Å². The van der Waals surface area contributed by atoms with Crippen LogP contribution in [0.5, 0.6) is 0 Å². The molecule has 1 fully saturated rings. The van der Waals surface area contributed by atoms with Crippen LogP contribution in [-0.4, -0.2) is 62.3 Å². The van der Waals surface area contributed by atoms with Gasteiger partial charge in [0.05, 0.1) is 4.90 Å². The van der Waals surface area contributed by atoms with E-state index < -0.39 is 10.0 Å². The highest BCUT2D eigenvalue weighted by Gasteiger charge is 2.32. The first kappa shape index (κ1) is 22.1. The van der Waals surface area contributed by atoms with Crippen LogP contribution in [-0.2, 0) is 14.8 Å². The van der Waals surface area contributed by atoms with Crippen molar-refractivity contribution in [1.29, 1.82) is 0 Å². The number of piperidine rings is 1.